The largest absolute Gasteiger partial charge is 0.536 e. The zero-order chi connectivity index (χ0) is 26.9. The lowest BCUT2D eigenvalue weighted by Crippen LogP contribution is -2.58. The van der Waals surface area contributed by atoms with Crippen LogP contribution < -0.4 is 9.97 Å². The van der Waals surface area contributed by atoms with Crippen molar-refractivity contribution in [3.63, 3.8) is 0 Å². The van der Waals surface area contributed by atoms with Crippen LogP contribution in [0.5, 0.6) is 5.75 Å². The van der Waals surface area contributed by atoms with Crippen LogP contribution in [0.4, 0.5) is 9.18 Å². The van der Waals surface area contributed by atoms with Crippen LogP contribution >= 0.6 is 0 Å². The zero-order valence-electron chi connectivity index (χ0n) is 20.9. The smallest absolute Gasteiger partial charge is 0.526 e. The summed E-state index contributed by atoms with van der Waals surface area (Å²) < 4.78 is 20.6. The molecule has 3 heterocycles. The molecule has 10 nitrogen and oxygen atoms in total. The maximum absolute atomic E-state index is 14.9. The van der Waals surface area contributed by atoms with E-state index in [9.17, 15) is 28.6 Å². The van der Waals surface area contributed by atoms with Gasteiger partial charge in [-0.1, -0.05) is 18.2 Å². The molecule has 0 aliphatic carbocycles. The molecular formula is C25H28BFN4O6. The van der Waals surface area contributed by atoms with Gasteiger partial charge in [0, 0.05) is 38.1 Å². The van der Waals surface area contributed by atoms with Gasteiger partial charge in [0.15, 0.2) is 5.78 Å². The molecule has 194 valence electrons. The molecular weight excluding hydrogens is 482 g/mol. The Kier molecular flexibility index (Phi) is 7.58. The summed E-state index contributed by atoms with van der Waals surface area (Å²) in [5, 5.41) is 13.0. The number of para-hydroxylation sites is 1. The van der Waals surface area contributed by atoms with E-state index >= 15 is 0 Å². The maximum Gasteiger partial charge on any atom is 0.526 e. The van der Waals surface area contributed by atoms with Gasteiger partial charge in [0.25, 0.3) is 0 Å². The molecule has 0 bridgehead atoms. The fourth-order valence-corrected chi connectivity index (χ4v) is 4.62. The van der Waals surface area contributed by atoms with Gasteiger partial charge in [-0.15, -0.1) is 0 Å². The lowest BCUT2D eigenvalue weighted by atomic mass is 9.64. The number of hydrogen-bond acceptors (Lipinski definition) is 7. The van der Waals surface area contributed by atoms with Crippen molar-refractivity contribution >= 4 is 30.7 Å². The minimum Gasteiger partial charge on any atom is -0.536 e. The van der Waals surface area contributed by atoms with Crippen LogP contribution in [0.25, 0.3) is 0 Å². The summed E-state index contributed by atoms with van der Waals surface area (Å²) in [6.45, 7) is 5.58. The lowest BCUT2D eigenvalue weighted by molar-refractivity contribution is -0.153. The number of carbonyl (C=O) groups excluding carboxylic acids is 4. The standard InChI is InChI=1S/C25H28BFN4O6/c1-4-30-8-9-31(24(34)23(30)33)25(35)29-21(20-18(27)10-14(2)13-28-20)19(32)12-17-11-16-7-5-6-15(3)22(16)37-26(17)36/h5-7,10,13,17,21,36H,4,8-9,11-12H2,1-3H3,(H,29,35)/t17-,21?/m1/s1. The fourth-order valence-electron chi connectivity index (χ4n) is 4.62. The first-order valence-electron chi connectivity index (χ1n) is 12.1. The highest BCUT2D eigenvalue weighted by atomic mass is 19.1. The van der Waals surface area contributed by atoms with E-state index in [1.54, 1.807) is 13.8 Å². The van der Waals surface area contributed by atoms with Gasteiger partial charge in [0.2, 0.25) is 0 Å². The van der Waals surface area contributed by atoms with E-state index in [-0.39, 0.29) is 25.2 Å². The number of pyridine rings is 1. The number of carbonyl (C=O) groups is 4. The Morgan fingerprint density at radius 2 is 2.03 bits per heavy atom. The monoisotopic (exact) mass is 510 g/mol. The Labute approximate surface area is 213 Å². The van der Waals surface area contributed by atoms with Crippen molar-refractivity contribution in [3.8, 4) is 5.75 Å². The van der Waals surface area contributed by atoms with Gasteiger partial charge in [-0.05, 0) is 49.9 Å². The number of amides is 4. The summed E-state index contributed by atoms with van der Waals surface area (Å²) in [5.74, 6) is -3.40. The van der Waals surface area contributed by atoms with Gasteiger partial charge >= 0.3 is 25.0 Å². The van der Waals surface area contributed by atoms with Gasteiger partial charge in [0.1, 0.15) is 23.3 Å². The number of aromatic nitrogens is 1. The fraction of sp³-hybridized carbons (Fsp3) is 0.400. The van der Waals surface area contributed by atoms with Crippen LogP contribution in [0, 0.1) is 19.7 Å². The molecule has 0 saturated carbocycles. The molecule has 2 aliphatic heterocycles. The van der Waals surface area contributed by atoms with Crippen molar-refractivity contribution in [2.24, 2.45) is 0 Å². The van der Waals surface area contributed by atoms with Crippen molar-refractivity contribution in [3.05, 3.63) is 58.7 Å². The van der Waals surface area contributed by atoms with E-state index < -0.39 is 48.4 Å². The van der Waals surface area contributed by atoms with Crippen LogP contribution in [-0.4, -0.2) is 70.2 Å². The molecule has 2 N–H and O–H groups in total. The molecule has 37 heavy (non-hydrogen) atoms. The molecule has 0 radical (unpaired) electrons. The molecule has 4 rings (SSSR count). The average Bonchev–Trinajstić information content (AvgIpc) is 2.85. The van der Waals surface area contributed by atoms with Crippen molar-refractivity contribution in [2.45, 2.75) is 45.5 Å². The number of urea groups is 1. The summed E-state index contributed by atoms with van der Waals surface area (Å²) in [6, 6.07) is 4.16. The third-order valence-corrected chi connectivity index (χ3v) is 6.69. The van der Waals surface area contributed by atoms with Gasteiger partial charge < -0.3 is 19.9 Å². The van der Waals surface area contributed by atoms with E-state index in [4.69, 9.17) is 4.65 Å². The Morgan fingerprint density at radius 3 is 2.73 bits per heavy atom. The molecule has 1 aromatic carbocycles. The van der Waals surface area contributed by atoms with Crippen molar-refractivity contribution in [2.75, 3.05) is 19.6 Å². The number of imide groups is 1. The number of piperazine rings is 1. The third kappa shape index (κ3) is 5.34. The second-order valence-electron chi connectivity index (χ2n) is 9.31. The predicted molar refractivity (Wildman–Crippen MR) is 131 cm³/mol. The molecule has 12 heteroatoms. The minimum absolute atomic E-state index is 0.0692. The topological polar surface area (TPSA) is 129 Å². The van der Waals surface area contributed by atoms with Gasteiger partial charge in [-0.25, -0.2) is 9.18 Å². The minimum atomic E-state index is -1.55. The number of Topliss-reactive ketones (excluding diaryl/α,β-unsaturated/α-hetero) is 1. The summed E-state index contributed by atoms with van der Waals surface area (Å²) in [7, 11) is -1.29. The van der Waals surface area contributed by atoms with Crippen LogP contribution in [0.3, 0.4) is 0 Å². The Bertz CT molecular complexity index is 1260. The maximum atomic E-state index is 14.9. The van der Waals surface area contributed by atoms with E-state index in [0.717, 1.165) is 11.1 Å². The third-order valence-electron chi connectivity index (χ3n) is 6.69. The van der Waals surface area contributed by atoms with Crippen LogP contribution in [0.15, 0.2) is 30.5 Å². The molecule has 1 unspecified atom stereocenters. The van der Waals surface area contributed by atoms with Gasteiger partial charge in [-0.2, -0.15) is 0 Å². The van der Waals surface area contributed by atoms with Crippen molar-refractivity contribution < 1.29 is 33.2 Å². The normalized spacial score (nSPS) is 18.3. The number of likely N-dealkylation sites (N-methyl/N-ethyl adjacent to an activating group) is 1. The first-order chi connectivity index (χ1) is 17.6. The summed E-state index contributed by atoms with van der Waals surface area (Å²) in [5.41, 5.74) is 1.86. The molecule has 2 aromatic rings. The number of benzene rings is 1. The summed E-state index contributed by atoms with van der Waals surface area (Å²) in [4.78, 5) is 57.3. The number of rotatable bonds is 6. The van der Waals surface area contributed by atoms with Crippen LogP contribution in [-0.2, 0) is 20.8 Å². The quantitative estimate of drug-likeness (QED) is 0.447. The van der Waals surface area contributed by atoms with Gasteiger partial charge in [0.05, 0.1) is 0 Å². The van der Waals surface area contributed by atoms with Crippen LogP contribution in [0.2, 0.25) is 5.82 Å². The van der Waals surface area contributed by atoms with Gasteiger partial charge in [-0.3, -0.25) is 24.3 Å². The zero-order valence-corrected chi connectivity index (χ0v) is 20.9. The first kappa shape index (κ1) is 26.3. The number of fused-ring (bicyclic) bond motifs is 1. The molecule has 1 fully saturated rings. The second-order valence-corrected chi connectivity index (χ2v) is 9.31. The summed E-state index contributed by atoms with van der Waals surface area (Å²) in [6.07, 6.45) is 1.43. The number of aryl methyl sites for hydroxylation is 2. The molecule has 1 saturated heterocycles. The number of ketones is 1. The Hall–Kier alpha value is -3.80. The molecule has 2 atom stereocenters. The van der Waals surface area contributed by atoms with Crippen LogP contribution in [0.1, 0.15) is 41.8 Å². The van der Waals surface area contributed by atoms with E-state index in [1.807, 2.05) is 25.1 Å². The number of halogens is 1. The average molecular weight is 510 g/mol. The highest BCUT2D eigenvalue weighted by Crippen LogP contribution is 2.36. The second kappa shape index (κ2) is 10.7. The number of hydrogen-bond donors (Lipinski definition) is 2. The number of nitrogens with zero attached hydrogens (tertiary/aromatic N) is 3. The highest BCUT2D eigenvalue weighted by molar-refractivity contribution is 6.46. The SMILES string of the molecule is CCN1CCN(C(=O)NC(C(=O)C[C@H]2Cc3cccc(C)c3OB2O)c2ncc(C)cc2F)C(=O)C1=O. The summed E-state index contributed by atoms with van der Waals surface area (Å²) >= 11 is 0. The first-order valence-corrected chi connectivity index (χ1v) is 12.1. The molecule has 4 amide bonds. The molecule has 2 aliphatic rings. The van der Waals surface area contributed by atoms with Crippen molar-refractivity contribution in [1.29, 1.82) is 0 Å². The highest BCUT2D eigenvalue weighted by Gasteiger charge is 2.41. The van der Waals surface area contributed by atoms with E-state index in [0.29, 0.717) is 29.2 Å². The Balaban J connectivity index is 1.57. The number of nitrogens with one attached hydrogen (secondary N) is 1. The van der Waals surface area contributed by atoms with Crippen molar-refractivity contribution in [1.82, 2.24) is 20.1 Å². The lowest BCUT2D eigenvalue weighted by Gasteiger charge is -2.33. The Morgan fingerprint density at radius 1 is 1.27 bits per heavy atom. The predicted octanol–water partition coefficient (Wildman–Crippen LogP) is 1.72. The van der Waals surface area contributed by atoms with E-state index in [1.165, 1.54) is 17.2 Å². The molecule has 0 spiro atoms. The molecule has 1 aromatic heterocycles. The van der Waals surface area contributed by atoms with E-state index in [2.05, 4.69) is 10.3 Å².